The molecule has 1 atom stereocenters. The maximum atomic E-state index is 13.4. The molecule has 1 N–H and O–H groups in total. The first-order valence-corrected chi connectivity index (χ1v) is 12.0. The van der Waals surface area contributed by atoms with Crippen LogP contribution in [0.5, 0.6) is 0 Å². The molecule has 0 spiro atoms. The normalized spacial score (nSPS) is 18.8. The van der Waals surface area contributed by atoms with Gasteiger partial charge < -0.3 is 5.32 Å². The lowest BCUT2D eigenvalue weighted by molar-refractivity contribution is -0.140. The van der Waals surface area contributed by atoms with Crippen LogP contribution in [0.3, 0.4) is 0 Å². The first-order valence-electron chi connectivity index (χ1n) is 10.6. The van der Waals surface area contributed by atoms with E-state index in [-0.39, 0.29) is 44.5 Å². The topological polar surface area (TPSA) is 90.0 Å². The second-order valence-corrected chi connectivity index (χ2v) is 10.0. The Hall–Kier alpha value is -2.96. The molecule has 182 valence electrons. The first kappa shape index (κ1) is 24.2. The van der Waals surface area contributed by atoms with Crippen LogP contribution in [0.25, 0.3) is 0 Å². The van der Waals surface area contributed by atoms with E-state index in [1.54, 1.807) is 36.1 Å². The molecule has 0 bridgehead atoms. The summed E-state index contributed by atoms with van der Waals surface area (Å²) in [4.78, 5) is 27.6. The van der Waals surface area contributed by atoms with Crippen molar-refractivity contribution in [3.8, 4) is 0 Å². The molecule has 8 nitrogen and oxygen atoms in total. The van der Waals surface area contributed by atoms with E-state index in [4.69, 9.17) is 0 Å². The van der Waals surface area contributed by atoms with Crippen molar-refractivity contribution in [2.75, 3.05) is 42.9 Å². The fourth-order valence-corrected chi connectivity index (χ4v) is 5.84. The van der Waals surface area contributed by atoms with Crippen LogP contribution in [-0.2, 0) is 25.8 Å². The van der Waals surface area contributed by atoms with Crippen LogP contribution in [0.1, 0.15) is 12.5 Å². The van der Waals surface area contributed by atoms with Crippen molar-refractivity contribution in [2.45, 2.75) is 24.0 Å². The van der Waals surface area contributed by atoms with Gasteiger partial charge in [0.25, 0.3) is 0 Å². The summed E-state index contributed by atoms with van der Waals surface area (Å²) in [6.07, 6.45) is -4.80. The van der Waals surface area contributed by atoms with Gasteiger partial charge in [-0.1, -0.05) is 24.3 Å². The number of hydrogen-bond donors (Lipinski definition) is 1. The van der Waals surface area contributed by atoms with Gasteiger partial charge in [-0.3, -0.25) is 19.4 Å². The number of nitrogens with zero attached hydrogens (tertiary/aromatic N) is 3. The summed E-state index contributed by atoms with van der Waals surface area (Å²) in [6.45, 7) is 1.71. The number of piperazine rings is 1. The van der Waals surface area contributed by atoms with Gasteiger partial charge in [-0.15, -0.1) is 0 Å². The number of anilines is 2. The number of carbonyl (C=O) groups excluding carboxylic acids is 2. The summed E-state index contributed by atoms with van der Waals surface area (Å²) in [5, 5.41) is 2.72. The van der Waals surface area contributed by atoms with E-state index in [0.717, 1.165) is 22.5 Å². The lowest BCUT2D eigenvalue weighted by atomic mass is 10.1. The highest BCUT2D eigenvalue weighted by atomic mass is 32.2. The summed E-state index contributed by atoms with van der Waals surface area (Å²) in [5.41, 5.74) is -0.106. The summed E-state index contributed by atoms with van der Waals surface area (Å²) in [6, 6.07) is 10.4. The number of carbonyl (C=O) groups is 2. The quantitative estimate of drug-likeness (QED) is 0.702. The molecule has 0 aromatic heterocycles. The zero-order valence-electron chi connectivity index (χ0n) is 18.2. The molecule has 0 aliphatic carbocycles. The molecule has 2 heterocycles. The number of rotatable bonds is 4. The van der Waals surface area contributed by atoms with Crippen molar-refractivity contribution in [2.24, 2.45) is 0 Å². The highest BCUT2D eigenvalue weighted by Gasteiger charge is 2.40. The largest absolute Gasteiger partial charge is 0.417 e. The van der Waals surface area contributed by atoms with Crippen molar-refractivity contribution in [3.63, 3.8) is 0 Å². The van der Waals surface area contributed by atoms with Gasteiger partial charge in [0.1, 0.15) is 6.54 Å². The minimum Gasteiger partial charge on any atom is -0.323 e. The zero-order chi connectivity index (χ0) is 24.7. The molecule has 2 aromatic rings. The van der Waals surface area contributed by atoms with Gasteiger partial charge in [-0.05, 0) is 31.2 Å². The third-order valence-corrected chi connectivity index (χ3v) is 7.98. The predicted molar refractivity (Wildman–Crippen MR) is 119 cm³/mol. The molecule has 2 aromatic carbocycles. The number of nitrogens with one attached hydrogen (secondary N) is 1. The van der Waals surface area contributed by atoms with Gasteiger partial charge in [-0.2, -0.15) is 17.5 Å². The molecule has 0 radical (unpaired) electrons. The van der Waals surface area contributed by atoms with Gasteiger partial charge >= 0.3 is 6.18 Å². The standard InChI is InChI=1S/C22H23F3N4O4S/c1-15(21(31)29-14-20(30)26-17-7-3-4-8-18(17)29)27-10-12-28(13-11-27)34(32,33)19-9-5-2-6-16(19)22(23,24)25/h2-9,15H,10-14H2,1H3,(H,26,30)/t15-/m0/s1. The van der Waals surface area contributed by atoms with Crippen LogP contribution in [0.4, 0.5) is 24.5 Å². The molecule has 12 heteroatoms. The van der Waals surface area contributed by atoms with Crippen LogP contribution in [0.15, 0.2) is 53.4 Å². The second kappa shape index (κ2) is 9.01. The van der Waals surface area contributed by atoms with Crippen LogP contribution in [0, 0.1) is 0 Å². The van der Waals surface area contributed by atoms with Gasteiger partial charge in [0.15, 0.2) is 0 Å². The number of halogens is 3. The van der Waals surface area contributed by atoms with Crippen LogP contribution < -0.4 is 10.2 Å². The number of benzene rings is 2. The van der Waals surface area contributed by atoms with Crippen LogP contribution in [-0.4, -0.2) is 68.2 Å². The zero-order valence-corrected chi connectivity index (χ0v) is 19.1. The minimum absolute atomic E-state index is 0.0663. The average Bonchev–Trinajstić information content (AvgIpc) is 2.82. The molecule has 34 heavy (non-hydrogen) atoms. The molecule has 2 amide bonds. The molecule has 2 aliphatic heterocycles. The Balaban J connectivity index is 1.47. The molecular formula is C22H23F3N4O4S. The molecule has 0 unspecified atom stereocenters. The second-order valence-electron chi connectivity index (χ2n) is 8.10. The maximum Gasteiger partial charge on any atom is 0.417 e. The monoisotopic (exact) mass is 496 g/mol. The van der Waals surface area contributed by atoms with Crippen molar-refractivity contribution in [1.82, 2.24) is 9.21 Å². The third-order valence-electron chi connectivity index (χ3n) is 6.03. The molecule has 0 saturated carbocycles. The minimum atomic E-state index is -4.80. The first-order chi connectivity index (χ1) is 16.0. The van der Waals surface area contributed by atoms with Crippen molar-refractivity contribution < 1.29 is 31.2 Å². The van der Waals surface area contributed by atoms with Gasteiger partial charge in [0, 0.05) is 26.2 Å². The molecule has 2 aliphatic rings. The Morgan fingerprint density at radius 3 is 2.29 bits per heavy atom. The Bertz CT molecular complexity index is 1210. The fraction of sp³-hybridized carbons (Fsp3) is 0.364. The summed E-state index contributed by atoms with van der Waals surface area (Å²) < 4.78 is 67.0. The fourth-order valence-electron chi connectivity index (χ4n) is 4.21. The average molecular weight is 497 g/mol. The Kier molecular flexibility index (Phi) is 6.40. The van der Waals surface area contributed by atoms with Crippen LogP contribution in [0.2, 0.25) is 0 Å². The number of fused-ring (bicyclic) bond motifs is 1. The highest BCUT2D eigenvalue weighted by molar-refractivity contribution is 7.89. The van der Waals surface area contributed by atoms with E-state index in [9.17, 15) is 31.2 Å². The van der Waals surface area contributed by atoms with Gasteiger partial charge in [0.2, 0.25) is 21.8 Å². The summed E-state index contributed by atoms with van der Waals surface area (Å²) in [7, 11) is -4.37. The van der Waals surface area contributed by atoms with Gasteiger partial charge in [0.05, 0.1) is 27.9 Å². The lowest BCUT2D eigenvalue weighted by Gasteiger charge is -2.39. The summed E-state index contributed by atoms with van der Waals surface area (Å²) >= 11 is 0. The third kappa shape index (κ3) is 4.52. The predicted octanol–water partition coefficient (Wildman–Crippen LogP) is 2.39. The van der Waals surface area contributed by atoms with Crippen molar-refractivity contribution in [1.29, 1.82) is 0 Å². The number of hydrogen-bond acceptors (Lipinski definition) is 5. The van der Waals surface area contributed by atoms with E-state index >= 15 is 0 Å². The molecule has 1 saturated heterocycles. The van der Waals surface area contributed by atoms with Gasteiger partial charge in [-0.25, -0.2) is 8.42 Å². The maximum absolute atomic E-state index is 13.4. The lowest BCUT2D eigenvalue weighted by Crippen LogP contribution is -2.56. The Morgan fingerprint density at radius 1 is 1.00 bits per heavy atom. The SMILES string of the molecule is C[C@@H](C(=O)N1CC(=O)Nc2ccccc21)N1CCN(S(=O)(=O)c2ccccc2C(F)(F)F)CC1. The highest BCUT2D eigenvalue weighted by Crippen LogP contribution is 2.35. The Morgan fingerprint density at radius 2 is 1.62 bits per heavy atom. The molecule has 1 fully saturated rings. The van der Waals surface area contributed by atoms with E-state index in [1.807, 2.05) is 0 Å². The molecular weight excluding hydrogens is 473 g/mol. The smallest absolute Gasteiger partial charge is 0.323 e. The van der Waals surface area contributed by atoms with Crippen molar-refractivity contribution >= 4 is 33.2 Å². The number of para-hydroxylation sites is 2. The van der Waals surface area contributed by atoms with E-state index < -0.39 is 32.7 Å². The van der Waals surface area contributed by atoms with E-state index in [0.29, 0.717) is 11.4 Å². The van der Waals surface area contributed by atoms with Crippen LogP contribution >= 0.6 is 0 Å². The summed E-state index contributed by atoms with van der Waals surface area (Å²) in [5.74, 6) is -0.639. The number of sulfonamides is 1. The van der Waals surface area contributed by atoms with E-state index in [1.165, 1.54) is 11.0 Å². The van der Waals surface area contributed by atoms with Crippen molar-refractivity contribution in [3.05, 3.63) is 54.1 Å². The van der Waals surface area contributed by atoms with E-state index in [2.05, 4.69) is 5.32 Å². The molecule has 4 rings (SSSR count). The number of alkyl halides is 3. The Labute approximate surface area is 195 Å². The number of amides is 2.